The molecule has 2 aliphatic heterocycles. The van der Waals surface area contributed by atoms with Crippen molar-refractivity contribution in [3.63, 3.8) is 0 Å². The van der Waals surface area contributed by atoms with Crippen molar-refractivity contribution in [3.8, 4) is 0 Å². The average Bonchev–Trinajstić information content (AvgIpc) is 3.01. The molecule has 0 N–H and O–H groups in total. The van der Waals surface area contributed by atoms with E-state index in [1.54, 1.807) is 0 Å². The summed E-state index contributed by atoms with van der Waals surface area (Å²) in [5, 5.41) is 0. The van der Waals surface area contributed by atoms with Gasteiger partial charge in [-0.15, -0.1) is 0 Å². The van der Waals surface area contributed by atoms with Gasteiger partial charge >= 0.3 is 36.3 Å². The van der Waals surface area contributed by atoms with Crippen LogP contribution in [0.25, 0.3) is 0 Å². The standard InChI is InChI=1S/C14H13F12NO3/c15-10(16,17)8(28)29-6-9-2-1-3-27(9)5-7(4-9)30-11(12(18,19)20,13(21,22)23)14(24,25)26/h7H,1-6H2/t7-,9+/m1/s1. The van der Waals surface area contributed by atoms with Gasteiger partial charge in [0, 0.05) is 6.54 Å². The van der Waals surface area contributed by atoms with Crippen LogP contribution in [-0.4, -0.2) is 72.5 Å². The topological polar surface area (TPSA) is 38.8 Å². The van der Waals surface area contributed by atoms with Crippen molar-refractivity contribution < 1.29 is 67.0 Å². The molecular weight excluding hydrogens is 458 g/mol. The summed E-state index contributed by atoms with van der Waals surface area (Å²) in [7, 11) is 0. The molecule has 16 heteroatoms. The zero-order valence-corrected chi connectivity index (χ0v) is 14.5. The first kappa shape index (κ1) is 24.8. The van der Waals surface area contributed by atoms with Crippen LogP contribution in [0.1, 0.15) is 19.3 Å². The fraction of sp³-hybridized carbons (Fsp3) is 0.929. The van der Waals surface area contributed by atoms with Gasteiger partial charge in [-0.05, 0) is 25.8 Å². The van der Waals surface area contributed by atoms with E-state index in [1.165, 1.54) is 0 Å². The molecule has 0 aromatic carbocycles. The molecule has 2 rings (SSSR count). The third kappa shape index (κ3) is 4.16. The Hall–Kier alpha value is -1.45. The molecule has 0 saturated carbocycles. The molecule has 2 atom stereocenters. The van der Waals surface area contributed by atoms with E-state index in [2.05, 4.69) is 9.47 Å². The normalized spacial score (nSPS) is 26.7. The number of hydrogen-bond donors (Lipinski definition) is 0. The van der Waals surface area contributed by atoms with Crippen LogP contribution in [0.5, 0.6) is 0 Å². The number of carbonyl (C=O) groups is 1. The highest BCUT2D eigenvalue weighted by Crippen LogP contribution is 2.56. The quantitative estimate of drug-likeness (QED) is 0.457. The van der Waals surface area contributed by atoms with E-state index in [0.717, 1.165) is 4.90 Å². The van der Waals surface area contributed by atoms with Crippen molar-refractivity contribution in [1.29, 1.82) is 0 Å². The SMILES string of the molecule is O=C(OC[C@@]12CCCN1C[C@H](OC(C(F)(F)F)(C(F)(F)F)C(F)(F)F)C2)C(F)(F)F. The van der Waals surface area contributed by atoms with Crippen molar-refractivity contribution in [1.82, 2.24) is 4.90 Å². The van der Waals surface area contributed by atoms with Crippen LogP contribution >= 0.6 is 0 Å². The molecule has 0 aromatic rings. The minimum Gasteiger partial charge on any atom is -0.457 e. The van der Waals surface area contributed by atoms with Gasteiger partial charge in [0.05, 0.1) is 11.6 Å². The molecule has 4 nitrogen and oxygen atoms in total. The number of halogens is 12. The van der Waals surface area contributed by atoms with Crippen LogP contribution in [0.4, 0.5) is 52.7 Å². The number of alkyl halides is 12. The first-order valence-electron chi connectivity index (χ1n) is 8.14. The van der Waals surface area contributed by atoms with Gasteiger partial charge in [0.15, 0.2) is 0 Å². The molecule has 2 heterocycles. The summed E-state index contributed by atoms with van der Waals surface area (Å²) in [5.74, 6) is -2.65. The van der Waals surface area contributed by atoms with Crippen molar-refractivity contribution in [2.24, 2.45) is 0 Å². The van der Waals surface area contributed by atoms with Gasteiger partial charge in [-0.1, -0.05) is 0 Å². The predicted octanol–water partition coefficient (Wildman–Crippen LogP) is 4.14. The highest BCUT2D eigenvalue weighted by Gasteiger charge is 2.86. The smallest absolute Gasteiger partial charge is 0.457 e. The third-order valence-corrected chi connectivity index (χ3v) is 5.02. The Morgan fingerprint density at radius 3 is 1.83 bits per heavy atom. The Labute approximate surface area is 160 Å². The maximum absolute atomic E-state index is 13.0. The van der Waals surface area contributed by atoms with Gasteiger partial charge < -0.3 is 9.47 Å². The van der Waals surface area contributed by atoms with Crippen molar-refractivity contribution in [2.75, 3.05) is 19.7 Å². The first-order valence-corrected chi connectivity index (χ1v) is 8.14. The molecule has 2 aliphatic rings. The monoisotopic (exact) mass is 471 g/mol. The lowest BCUT2D eigenvalue weighted by Gasteiger charge is -2.39. The molecule has 0 bridgehead atoms. The average molecular weight is 471 g/mol. The number of carbonyl (C=O) groups excluding carboxylic acids is 1. The van der Waals surface area contributed by atoms with E-state index in [-0.39, 0.29) is 19.4 Å². The predicted molar refractivity (Wildman–Crippen MR) is 70.9 cm³/mol. The summed E-state index contributed by atoms with van der Waals surface area (Å²) >= 11 is 0. The lowest BCUT2D eigenvalue weighted by Crippen LogP contribution is -2.68. The Balaban J connectivity index is 2.29. The van der Waals surface area contributed by atoms with E-state index in [9.17, 15) is 57.5 Å². The largest absolute Gasteiger partial charge is 0.490 e. The maximum atomic E-state index is 13.0. The second kappa shape index (κ2) is 7.31. The van der Waals surface area contributed by atoms with Crippen LogP contribution in [0, 0.1) is 0 Å². The van der Waals surface area contributed by atoms with Gasteiger partial charge in [-0.2, -0.15) is 52.7 Å². The zero-order chi connectivity index (χ0) is 23.4. The molecule has 0 amide bonds. The summed E-state index contributed by atoms with van der Waals surface area (Å²) in [5.41, 5.74) is -8.15. The minimum absolute atomic E-state index is 0.0551. The van der Waals surface area contributed by atoms with Gasteiger partial charge in [0.1, 0.15) is 6.61 Å². The van der Waals surface area contributed by atoms with Gasteiger partial charge in [0.25, 0.3) is 0 Å². The fourth-order valence-corrected chi connectivity index (χ4v) is 3.76. The number of fused-ring (bicyclic) bond motifs is 1. The number of rotatable bonds is 4. The van der Waals surface area contributed by atoms with Crippen molar-refractivity contribution in [3.05, 3.63) is 0 Å². The number of hydrogen-bond acceptors (Lipinski definition) is 4. The number of esters is 1. The van der Waals surface area contributed by atoms with Gasteiger partial charge in [-0.25, -0.2) is 4.79 Å². The lowest BCUT2D eigenvalue weighted by molar-refractivity contribution is -0.463. The molecule has 0 aromatic heterocycles. The molecule has 0 spiro atoms. The van der Waals surface area contributed by atoms with Gasteiger partial charge in [-0.3, -0.25) is 4.90 Å². The van der Waals surface area contributed by atoms with Crippen LogP contribution in [0.3, 0.4) is 0 Å². The molecule has 2 fully saturated rings. The highest BCUT2D eigenvalue weighted by atomic mass is 19.4. The summed E-state index contributed by atoms with van der Waals surface area (Å²) in [6, 6.07) is 0. The second-order valence-electron chi connectivity index (χ2n) is 6.97. The van der Waals surface area contributed by atoms with E-state index in [1.807, 2.05) is 0 Å². The number of ether oxygens (including phenoxy) is 2. The molecular formula is C14H13F12NO3. The van der Waals surface area contributed by atoms with Crippen LogP contribution < -0.4 is 0 Å². The van der Waals surface area contributed by atoms with E-state index < -0.39 is 67.5 Å². The molecule has 30 heavy (non-hydrogen) atoms. The molecule has 0 unspecified atom stereocenters. The summed E-state index contributed by atoms with van der Waals surface area (Å²) in [6.45, 7) is -1.99. The third-order valence-electron chi connectivity index (χ3n) is 5.02. The summed E-state index contributed by atoms with van der Waals surface area (Å²) in [4.78, 5) is 11.9. The molecule has 176 valence electrons. The van der Waals surface area contributed by atoms with Crippen LogP contribution in [0.2, 0.25) is 0 Å². The fourth-order valence-electron chi connectivity index (χ4n) is 3.76. The maximum Gasteiger partial charge on any atom is 0.490 e. The highest BCUT2D eigenvalue weighted by molar-refractivity contribution is 5.75. The molecule has 0 aliphatic carbocycles. The van der Waals surface area contributed by atoms with E-state index >= 15 is 0 Å². The summed E-state index contributed by atoms with van der Waals surface area (Å²) < 4.78 is 162. The minimum atomic E-state index is -6.92. The van der Waals surface area contributed by atoms with E-state index in [4.69, 9.17) is 0 Å². The zero-order valence-electron chi connectivity index (χ0n) is 14.5. The Bertz CT molecular complexity index is 616. The van der Waals surface area contributed by atoms with Crippen LogP contribution in [-0.2, 0) is 14.3 Å². The Morgan fingerprint density at radius 1 is 0.900 bits per heavy atom. The first-order chi connectivity index (χ1) is 13.3. The van der Waals surface area contributed by atoms with Gasteiger partial charge in [0.2, 0.25) is 0 Å². The second-order valence-corrected chi connectivity index (χ2v) is 6.97. The van der Waals surface area contributed by atoms with Crippen molar-refractivity contribution in [2.45, 2.75) is 61.2 Å². The van der Waals surface area contributed by atoms with Crippen molar-refractivity contribution >= 4 is 5.97 Å². The number of nitrogens with zero attached hydrogens (tertiary/aromatic N) is 1. The van der Waals surface area contributed by atoms with E-state index in [0.29, 0.717) is 0 Å². The Morgan fingerprint density at radius 2 is 1.40 bits per heavy atom. The molecule has 2 saturated heterocycles. The summed E-state index contributed by atoms with van der Waals surface area (Å²) in [6.07, 6.45) is -29.3. The lowest BCUT2D eigenvalue weighted by atomic mass is 9.93. The van der Waals surface area contributed by atoms with Crippen LogP contribution in [0.15, 0.2) is 0 Å². The Kier molecular flexibility index (Phi) is 6.05. The molecule has 0 radical (unpaired) electrons.